The van der Waals surface area contributed by atoms with Crippen molar-refractivity contribution in [2.45, 2.75) is 33.2 Å². The SMILES string of the molecule is CCn1c(-c2cccc(OC)c2)nc2cc(NC(C)=O)cc(C(=O)NCCCc3ccncc3)c21. The number of benzene rings is 2. The molecule has 2 heterocycles. The summed E-state index contributed by atoms with van der Waals surface area (Å²) in [4.78, 5) is 33.9. The Labute approximate surface area is 204 Å². The first-order valence-electron chi connectivity index (χ1n) is 11.6. The molecule has 35 heavy (non-hydrogen) atoms. The van der Waals surface area contributed by atoms with Crippen LogP contribution in [0.3, 0.4) is 0 Å². The molecule has 2 aromatic carbocycles. The van der Waals surface area contributed by atoms with Gasteiger partial charge in [0.2, 0.25) is 5.91 Å². The molecule has 8 heteroatoms. The summed E-state index contributed by atoms with van der Waals surface area (Å²) >= 11 is 0. The molecule has 0 saturated carbocycles. The van der Waals surface area contributed by atoms with Crippen LogP contribution in [0.15, 0.2) is 60.9 Å². The molecule has 0 spiro atoms. The Morgan fingerprint density at radius 3 is 2.60 bits per heavy atom. The smallest absolute Gasteiger partial charge is 0.253 e. The minimum atomic E-state index is -0.212. The van der Waals surface area contributed by atoms with Crippen molar-refractivity contribution in [2.24, 2.45) is 0 Å². The van der Waals surface area contributed by atoms with E-state index in [0.717, 1.165) is 35.5 Å². The van der Waals surface area contributed by atoms with Crippen LogP contribution in [-0.2, 0) is 17.8 Å². The number of aryl methyl sites for hydroxylation is 2. The number of carbonyl (C=O) groups excluding carboxylic acids is 2. The molecule has 8 nitrogen and oxygen atoms in total. The van der Waals surface area contributed by atoms with Gasteiger partial charge in [-0.05, 0) is 61.7 Å². The molecular formula is C27H29N5O3. The van der Waals surface area contributed by atoms with E-state index >= 15 is 0 Å². The highest BCUT2D eigenvalue weighted by molar-refractivity contribution is 6.08. The number of pyridine rings is 1. The molecule has 4 rings (SSSR count). The summed E-state index contributed by atoms with van der Waals surface area (Å²) in [5.74, 6) is 1.04. The van der Waals surface area contributed by atoms with Gasteiger partial charge in [-0.1, -0.05) is 12.1 Å². The quantitative estimate of drug-likeness (QED) is 0.352. The van der Waals surface area contributed by atoms with Gasteiger partial charge in [0.1, 0.15) is 11.6 Å². The summed E-state index contributed by atoms with van der Waals surface area (Å²) in [6, 6.07) is 15.1. The Hall–Kier alpha value is -4.20. The van der Waals surface area contributed by atoms with Crippen LogP contribution in [0.1, 0.15) is 36.2 Å². The second-order valence-corrected chi connectivity index (χ2v) is 8.20. The van der Waals surface area contributed by atoms with Crippen LogP contribution in [0.5, 0.6) is 5.75 Å². The maximum absolute atomic E-state index is 13.3. The van der Waals surface area contributed by atoms with Gasteiger partial charge in [-0.3, -0.25) is 14.6 Å². The topological polar surface area (TPSA) is 98.1 Å². The summed E-state index contributed by atoms with van der Waals surface area (Å²) in [6.07, 6.45) is 5.18. The van der Waals surface area contributed by atoms with E-state index in [1.165, 1.54) is 12.5 Å². The number of hydrogen-bond donors (Lipinski definition) is 2. The van der Waals surface area contributed by atoms with Crippen LogP contribution >= 0.6 is 0 Å². The summed E-state index contributed by atoms with van der Waals surface area (Å²) < 4.78 is 7.40. The number of imidazole rings is 1. The highest BCUT2D eigenvalue weighted by atomic mass is 16.5. The molecule has 0 atom stereocenters. The van der Waals surface area contributed by atoms with Crippen molar-refractivity contribution >= 4 is 28.5 Å². The van der Waals surface area contributed by atoms with Crippen LogP contribution in [0.25, 0.3) is 22.4 Å². The minimum absolute atomic E-state index is 0.205. The van der Waals surface area contributed by atoms with Gasteiger partial charge >= 0.3 is 0 Å². The zero-order chi connectivity index (χ0) is 24.8. The van der Waals surface area contributed by atoms with Gasteiger partial charge in [-0.2, -0.15) is 0 Å². The molecule has 0 unspecified atom stereocenters. The van der Waals surface area contributed by atoms with Crippen LogP contribution < -0.4 is 15.4 Å². The van der Waals surface area contributed by atoms with Crippen molar-refractivity contribution in [3.63, 3.8) is 0 Å². The van der Waals surface area contributed by atoms with E-state index in [9.17, 15) is 9.59 Å². The van der Waals surface area contributed by atoms with Crippen molar-refractivity contribution in [2.75, 3.05) is 19.0 Å². The molecule has 0 aliphatic carbocycles. The fraction of sp³-hybridized carbons (Fsp3) is 0.259. The van der Waals surface area contributed by atoms with Gasteiger partial charge in [-0.15, -0.1) is 0 Å². The Morgan fingerprint density at radius 2 is 1.89 bits per heavy atom. The summed E-state index contributed by atoms with van der Waals surface area (Å²) in [5.41, 5.74) is 4.43. The minimum Gasteiger partial charge on any atom is -0.497 e. The summed E-state index contributed by atoms with van der Waals surface area (Å²) in [5, 5.41) is 5.82. The van der Waals surface area contributed by atoms with Crippen molar-refractivity contribution in [1.29, 1.82) is 0 Å². The lowest BCUT2D eigenvalue weighted by Gasteiger charge is -2.12. The van der Waals surface area contributed by atoms with E-state index in [2.05, 4.69) is 15.6 Å². The molecule has 180 valence electrons. The number of nitrogens with zero attached hydrogens (tertiary/aromatic N) is 3. The van der Waals surface area contributed by atoms with Crippen LogP contribution in [0.4, 0.5) is 5.69 Å². The predicted octanol–water partition coefficient (Wildman–Crippen LogP) is 4.45. The molecule has 2 aromatic heterocycles. The number of nitrogens with one attached hydrogen (secondary N) is 2. The van der Waals surface area contributed by atoms with E-state index in [1.54, 1.807) is 31.6 Å². The second kappa shape index (κ2) is 10.8. The molecule has 4 aromatic rings. The number of hydrogen-bond acceptors (Lipinski definition) is 5. The average Bonchev–Trinajstić information content (AvgIpc) is 3.25. The first kappa shape index (κ1) is 23.9. The molecular weight excluding hydrogens is 442 g/mol. The number of aromatic nitrogens is 3. The number of methoxy groups -OCH3 is 1. The van der Waals surface area contributed by atoms with E-state index in [4.69, 9.17) is 9.72 Å². The van der Waals surface area contributed by atoms with E-state index in [1.807, 2.05) is 47.9 Å². The largest absolute Gasteiger partial charge is 0.497 e. The molecule has 0 fully saturated rings. The molecule has 0 radical (unpaired) electrons. The monoisotopic (exact) mass is 471 g/mol. The zero-order valence-corrected chi connectivity index (χ0v) is 20.2. The summed E-state index contributed by atoms with van der Waals surface area (Å²) in [6.45, 7) is 4.60. The number of rotatable bonds is 9. The van der Waals surface area contributed by atoms with Crippen LogP contribution in [0, 0.1) is 0 Å². The summed E-state index contributed by atoms with van der Waals surface area (Å²) in [7, 11) is 1.62. The van der Waals surface area contributed by atoms with Crippen LogP contribution in [0.2, 0.25) is 0 Å². The second-order valence-electron chi connectivity index (χ2n) is 8.20. The predicted molar refractivity (Wildman–Crippen MR) is 137 cm³/mol. The molecule has 0 bridgehead atoms. The van der Waals surface area contributed by atoms with Gasteiger partial charge in [0.25, 0.3) is 5.91 Å². The fourth-order valence-electron chi connectivity index (χ4n) is 4.15. The lowest BCUT2D eigenvalue weighted by atomic mass is 10.1. The molecule has 0 saturated heterocycles. The zero-order valence-electron chi connectivity index (χ0n) is 20.2. The van der Waals surface area contributed by atoms with Gasteiger partial charge in [-0.25, -0.2) is 4.98 Å². The van der Waals surface area contributed by atoms with Gasteiger partial charge in [0, 0.05) is 43.7 Å². The molecule has 0 aliphatic rings. The van der Waals surface area contributed by atoms with Crippen LogP contribution in [-0.4, -0.2) is 40.0 Å². The fourth-order valence-corrected chi connectivity index (χ4v) is 4.15. The normalized spacial score (nSPS) is 10.8. The van der Waals surface area contributed by atoms with Crippen molar-refractivity contribution in [1.82, 2.24) is 19.9 Å². The number of fused-ring (bicyclic) bond motifs is 1. The van der Waals surface area contributed by atoms with Gasteiger partial charge in [0.15, 0.2) is 0 Å². The van der Waals surface area contributed by atoms with Crippen molar-refractivity contribution in [3.8, 4) is 17.1 Å². The van der Waals surface area contributed by atoms with E-state index in [0.29, 0.717) is 29.9 Å². The van der Waals surface area contributed by atoms with Crippen molar-refractivity contribution in [3.05, 3.63) is 72.1 Å². The number of ether oxygens (including phenoxy) is 1. The Kier molecular flexibility index (Phi) is 7.40. The lowest BCUT2D eigenvalue weighted by molar-refractivity contribution is -0.114. The molecule has 0 aliphatic heterocycles. The first-order chi connectivity index (χ1) is 17.0. The van der Waals surface area contributed by atoms with Crippen molar-refractivity contribution < 1.29 is 14.3 Å². The first-order valence-corrected chi connectivity index (χ1v) is 11.6. The molecule has 2 N–H and O–H groups in total. The number of amides is 2. The third kappa shape index (κ3) is 5.48. The Balaban J connectivity index is 1.69. The Morgan fingerprint density at radius 1 is 1.09 bits per heavy atom. The third-order valence-electron chi connectivity index (χ3n) is 5.73. The standard InChI is InChI=1S/C27H29N5O3/c1-4-32-25-23(27(34)29-12-6-7-19-10-13-28-14-11-19)16-21(30-18(2)33)17-24(25)31-26(32)20-8-5-9-22(15-20)35-3/h5,8-11,13-17H,4,6-7,12H2,1-3H3,(H,29,34)(H,30,33). The highest BCUT2D eigenvalue weighted by Crippen LogP contribution is 2.31. The van der Waals surface area contributed by atoms with E-state index < -0.39 is 0 Å². The maximum Gasteiger partial charge on any atom is 0.253 e. The number of carbonyl (C=O) groups is 2. The third-order valence-corrected chi connectivity index (χ3v) is 5.73. The average molecular weight is 472 g/mol. The van der Waals surface area contributed by atoms with Gasteiger partial charge < -0.3 is 19.9 Å². The van der Waals surface area contributed by atoms with Gasteiger partial charge in [0.05, 0.1) is 23.7 Å². The number of anilines is 1. The molecule has 2 amide bonds. The van der Waals surface area contributed by atoms with E-state index in [-0.39, 0.29) is 11.8 Å². The highest BCUT2D eigenvalue weighted by Gasteiger charge is 2.20. The Bertz CT molecular complexity index is 1350. The maximum atomic E-state index is 13.3. The lowest BCUT2D eigenvalue weighted by Crippen LogP contribution is -2.25.